The summed E-state index contributed by atoms with van der Waals surface area (Å²) in [4.78, 5) is 0. The van der Waals surface area contributed by atoms with Crippen LogP contribution < -0.4 is 4.74 Å². The van der Waals surface area contributed by atoms with Gasteiger partial charge >= 0.3 is 0 Å². The molecule has 2 N–H and O–H groups in total. The summed E-state index contributed by atoms with van der Waals surface area (Å²) in [6, 6.07) is 29.6. The zero-order valence-electron chi connectivity index (χ0n) is 21.0. The number of furan rings is 1. The van der Waals surface area contributed by atoms with Crippen LogP contribution in [0.4, 0.5) is 0 Å². The van der Waals surface area contributed by atoms with Gasteiger partial charge in [0.05, 0.1) is 18.1 Å². The van der Waals surface area contributed by atoms with E-state index >= 15 is 0 Å². The first kappa shape index (κ1) is 24.4. The van der Waals surface area contributed by atoms with Gasteiger partial charge in [-0.1, -0.05) is 54.6 Å². The van der Waals surface area contributed by atoms with E-state index in [2.05, 4.69) is 0 Å². The van der Waals surface area contributed by atoms with E-state index in [1.807, 2.05) is 91.0 Å². The van der Waals surface area contributed by atoms with Gasteiger partial charge in [0.2, 0.25) is 0 Å². The van der Waals surface area contributed by atoms with Gasteiger partial charge in [-0.2, -0.15) is 0 Å². The maximum Gasteiger partial charge on any atom is 0.120 e. The van der Waals surface area contributed by atoms with Crippen LogP contribution >= 0.6 is 0 Å². The molecule has 0 radical (unpaired) electrons. The fraction of sp³-hybridized carbons (Fsp3) is 0.212. The Morgan fingerprint density at radius 3 is 2.47 bits per heavy atom. The van der Waals surface area contributed by atoms with Gasteiger partial charge in [0.15, 0.2) is 0 Å². The summed E-state index contributed by atoms with van der Waals surface area (Å²) in [6.45, 7) is 1.52. The maximum absolute atomic E-state index is 11.1. The monoisotopic (exact) mass is 506 g/mol. The van der Waals surface area contributed by atoms with Gasteiger partial charge in [-0.3, -0.25) is 0 Å². The summed E-state index contributed by atoms with van der Waals surface area (Å²) in [7, 11) is 0. The van der Waals surface area contributed by atoms with Crippen molar-refractivity contribution in [3.8, 4) is 16.9 Å². The second kappa shape index (κ2) is 10.5. The van der Waals surface area contributed by atoms with Crippen LogP contribution in [0.25, 0.3) is 21.9 Å². The van der Waals surface area contributed by atoms with Gasteiger partial charge in [0.25, 0.3) is 0 Å². The average Bonchev–Trinajstić information content (AvgIpc) is 3.51. The van der Waals surface area contributed by atoms with E-state index in [1.165, 1.54) is 0 Å². The molecule has 0 aliphatic carbocycles. The highest BCUT2D eigenvalue weighted by atomic mass is 16.5. The Bertz CT molecular complexity index is 1520. The predicted octanol–water partition coefficient (Wildman–Crippen LogP) is 6.76. The van der Waals surface area contributed by atoms with Gasteiger partial charge in [-0.15, -0.1) is 0 Å². The van der Waals surface area contributed by atoms with Crippen molar-refractivity contribution >= 4 is 10.8 Å². The van der Waals surface area contributed by atoms with Crippen LogP contribution in [-0.4, -0.2) is 23.4 Å². The molecule has 1 saturated heterocycles. The van der Waals surface area contributed by atoms with Crippen molar-refractivity contribution in [2.24, 2.45) is 0 Å². The van der Waals surface area contributed by atoms with E-state index in [1.54, 1.807) is 12.5 Å². The number of hydrogen-bond acceptors (Lipinski definition) is 5. The molecule has 1 fully saturated rings. The summed E-state index contributed by atoms with van der Waals surface area (Å²) in [5, 5.41) is 24.2. The number of rotatable bonds is 7. The van der Waals surface area contributed by atoms with Crippen LogP contribution in [0.3, 0.4) is 0 Å². The average molecular weight is 507 g/mol. The normalized spacial score (nSPS) is 15.8. The zero-order chi connectivity index (χ0) is 26.0. The van der Waals surface area contributed by atoms with Gasteiger partial charge in [0.1, 0.15) is 18.5 Å². The third kappa shape index (κ3) is 4.96. The molecule has 0 amide bonds. The second-order valence-corrected chi connectivity index (χ2v) is 9.91. The molecule has 5 aromatic rings. The van der Waals surface area contributed by atoms with Crippen molar-refractivity contribution in [3.05, 3.63) is 126 Å². The van der Waals surface area contributed by atoms with Crippen molar-refractivity contribution in [3.63, 3.8) is 0 Å². The lowest BCUT2D eigenvalue weighted by Gasteiger charge is -2.32. The van der Waals surface area contributed by atoms with E-state index in [-0.39, 0.29) is 0 Å². The number of ether oxygens (including phenoxy) is 2. The molecule has 5 nitrogen and oxygen atoms in total. The van der Waals surface area contributed by atoms with Crippen molar-refractivity contribution in [2.75, 3.05) is 13.2 Å². The zero-order valence-corrected chi connectivity index (χ0v) is 21.0. The summed E-state index contributed by atoms with van der Waals surface area (Å²) >= 11 is 0. The van der Waals surface area contributed by atoms with Crippen LogP contribution in [-0.2, 0) is 16.9 Å². The summed E-state index contributed by atoms with van der Waals surface area (Å²) in [5.74, 6) is 0.744. The Morgan fingerprint density at radius 2 is 1.68 bits per heavy atom. The molecule has 0 spiro atoms. The second-order valence-electron chi connectivity index (χ2n) is 9.91. The molecule has 1 aromatic heterocycles. The lowest BCUT2D eigenvalue weighted by Crippen LogP contribution is -2.33. The smallest absolute Gasteiger partial charge is 0.120 e. The van der Waals surface area contributed by atoms with Crippen molar-refractivity contribution in [1.82, 2.24) is 0 Å². The minimum Gasteiger partial charge on any atom is -0.489 e. The molecule has 38 heavy (non-hydrogen) atoms. The minimum absolute atomic E-state index is 0.387. The maximum atomic E-state index is 11.1. The van der Waals surface area contributed by atoms with Crippen molar-refractivity contribution in [1.29, 1.82) is 0 Å². The summed E-state index contributed by atoms with van der Waals surface area (Å²) in [5.41, 5.74) is 4.63. The number of aliphatic hydroxyl groups is 2. The third-order valence-electron chi connectivity index (χ3n) is 7.40. The number of benzene rings is 4. The van der Waals surface area contributed by atoms with Gasteiger partial charge < -0.3 is 24.1 Å². The molecule has 1 aliphatic heterocycles. The molecule has 192 valence electrons. The Balaban J connectivity index is 1.29. The molecular formula is C33H30O5. The Kier molecular flexibility index (Phi) is 6.73. The molecule has 4 aromatic carbocycles. The molecule has 0 bridgehead atoms. The number of fused-ring (bicyclic) bond motifs is 1. The number of hydrogen-bond donors (Lipinski definition) is 2. The first-order valence-electron chi connectivity index (χ1n) is 12.9. The summed E-state index contributed by atoms with van der Waals surface area (Å²) < 4.78 is 17.0. The fourth-order valence-electron chi connectivity index (χ4n) is 5.21. The highest BCUT2D eigenvalue weighted by Gasteiger charge is 2.31. The van der Waals surface area contributed by atoms with E-state index in [0.29, 0.717) is 32.7 Å². The van der Waals surface area contributed by atoms with Crippen LogP contribution in [0, 0.1) is 0 Å². The highest BCUT2D eigenvalue weighted by molar-refractivity contribution is 5.98. The lowest BCUT2D eigenvalue weighted by atomic mass is 9.86. The topological polar surface area (TPSA) is 72.1 Å². The molecule has 6 rings (SSSR count). The summed E-state index contributed by atoms with van der Waals surface area (Å²) in [6.07, 6.45) is 3.83. The SMILES string of the molecule is OC(c1ccccc1)c1cc(-c2ccoc2)c2cc(OCc3cccc(C4(O)CCOCC4)c3)ccc2c1. The van der Waals surface area contributed by atoms with Crippen LogP contribution in [0.15, 0.2) is 108 Å². The van der Waals surface area contributed by atoms with Gasteiger partial charge in [-0.05, 0) is 75.0 Å². The molecule has 0 saturated carbocycles. The molecule has 2 heterocycles. The van der Waals surface area contributed by atoms with Crippen LogP contribution in [0.1, 0.15) is 41.2 Å². The predicted molar refractivity (Wildman–Crippen MR) is 147 cm³/mol. The third-order valence-corrected chi connectivity index (χ3v) is 7.40. The van der Waals surface area contributed by atoms with Gasteiger partial charge in [-0.25, -0.2) is 0 Å². The van der Waals surface area contributed by atoms with E-state index in [9.17, 15) is 10.2 Å². The van der Waals surface area contributed by atoms with Crippen molar-refractivity contribution in [2.45, 2.75) is 31.2 Å². The molecule has 1 unspecified atom stereocenters. The van der Waals surface area contributed by atoms with E-state index in [4.69, 9.17) is 13.9 Å². The first-order chi connectivity index (χ1) is 18.6. The molecule has 5 heteroatoms. The van der Waals surface area contributed by atoms with E-state index < -0.39 is 11.7 Å². The van der Waals surface area contributed by atoms with Crippen molar-refractivity contribution < 1.29 is 24.1 Å². The number of aliphatic hydroxyl groups excluding tert-OH is 1. The quantitative estimate of drug-likeness (QED) is 0.255. The van der Waals surface area contributed by atoms with Gasteiger partial charge in [0, 0.05) is 31.6 Å². The highest BCUT2D eigenvalue weighted by Crippen LogP contribution is 2.37. The molecule has 1 aliphatic rings. The standard InChI is InChI=1S/C33H30O5/c34-32(24-6-2-1-3-7-24)27-18-25-9-10-29(20-31(25)30(19-27)26-11-14-37-22-26)38-21-23-5-4-8-28(17-23)33(35)12-15-36-16-13-33/h1-11,14,17-20,22,32,34-35H,12-13,15-16,21H2. The Hall–Kier alpha value is -3.90. The lowest BCUT2D eigenvalue weighted by molar-refractivity contribution is -0.0679. The van der Waals surface area contributed by atoms with Crippen LogP contribution in [0.2, 0.25) is 0 Å². The fourth-order valence-corrected chi connectivity index (χ4v) is 5.21. The van der Waals surface area contributed by atoms with E-state index in [0.717, 1.165) is 49.9 Å². The molecule has 1 atom stereocenters. The Morgan fingerprint density at radius 1 is 0.842 bits per heavy atom. The minimum atomic E-state index is -0.848. The Labute approximate surface area is 221 Å². The first-order valence-corrected chi connectivity index (χ1v) is 12.9. The molecular weight excluding hydrogens is 476 g/mol. The largest absolute Gasteiger partial charge is 0.489 e. The van der Waals surface area contributed by atoms with Crippen LogP contribution in [0.5, 0.6) is 5.75 Å².